The zero-order valence-corrected chi connectivity index (χ0v) is 14.4. The van der Waals surface area contributed by atoms with E-state index in [9.17, 15) is 0 Å². The molecule has 2 N–H and O–H groups in total. The lowest BCUT2D eigenvalue weighted by atomic mass is 10.1. The Kier molecular flexibility index (Phi) is 4.40. The first-order chi connectivity index (χ1) is 12.8. The van der Waals surface area contributed by atoms with Crippen molar-refractivity contribution in [2.24, 2.45) is 11.8 Å². The van der Waals surface area contributed by atoms with Crippen molar-refractivity contribution >= 4 is 5.82 Å². The third-order valence-electron chi connectivity index (χ3n) is 4.99. The lowest BCUT2D eigenvalue weighted by Gasteiger charge is -2.08. The summed E-state index contributed by atoms with van der Waals surface area (Å²) < 4.78 is 5.38. The summed E-state index contributed by atoms with van der Waals surface area (Å²) in [6.45, 7) is 0. The van der Waals surface area contributed by atoms with Crippen LogP contribution >= 0.6 is 0 Å². The van der Waals surface area contributed by atoms with Gasteiger partial charge in [0, 0.05) is 18.0 Å². The molecule has 2 saturated carbocycles. The molecular weight excluding hydrogens is 324 g/mol. The molecule has 2 aliphatic rings. The summed E-state index contributed by atoms with van der Waals surface area (Å²) >= 11 is 0. The molecule has 0 amide bonds. The predicted molar refractivity (Wildman–Crippen MR) is 101 cm³/mol. The van der Waals surface area contributed by atoms with Gasteiger partial charge in [-0.2, -0.15) is 0 Å². The van der Waals surface area contributed by atoms with E-state index in [0.717, 1.165) is 5.56 Å². The number of terminal acetylenes is 1. The molecule has 130 valence electrons. The Morgan fingerprint density at radius 2 is 1.85 bits per heavy atom. The first-order valence-electron chi connectivity index (χ1n) is 8.84. The number of furan rings is 1. The second kappa shape index (κ2) is 7.01. The first kappa shape index (κ1) is 16.3. The monoisotopic (exact) mass is 344 g/mol. The molecule has 2 atom stereocenters. The molecule has 2 unspecified atom stereocenters. The van der Waals surface area contributed by atoms with Crippen molar-refractivity contribution in [3.8, 4) is 35.1 Å². The molecule has 3 aromatic rings. The molecule has 0 aromatic carbocycles. The summed E-state index contributed by atoms with van der Waals surface area (Å²) in [5.41, 5.74) is 8.14. The van der Waals surface area contributed by atoms with Gasteiger partial charge in [-0.3, -0.25) is 4.98 Å². The SMILES string of the molecule is C#Cc1nc(-c2ccncc2)c(-c2ccco2)nc1N.C1CC2CC2C1. The highest BCUT2D eigenvalue weighted by Gasteiger charge is 2.40. The van der Waals surface area contributed by atoms with Gasteiger partial charge in [0.25, 0.3) is 0 Å². The van der Waals surface area contributed by atoms with E-state index < -0.39 is 0 Å². The fourth-order valence-electron chi connectivity index (χ4n) is 3.51. The van der Waals surface area contributed by atoms with Crippen LogP contribution in [0.4, 0.5) is 5.82 Å². The maximum absolute atomic E-state index is 5.81. The molecule has 0 saturated heterocycles. The van der Waals surface area contributed by atoms with E-state index in [-0.39, 0.29) is 5.82 Å². The Hall–Kier alpha value is -3.13. The van der Waals surface area contributed by atoms with Gasteiger partial charge in [-0.1, -0.05) is 19.3 Å². The highest BCUT2D eigenvalue weighted by atomic mass is 16.3. The second-order valence-corrected chi connectivity index (χ2v) is 6.70. The summed E-state index contributed by atoms with van der Waals surface area (Å²) in [4.78, 5) is 12.7. The van der Waals surface area contributed by atoms with Crippen LogP contribution in [0, 0.1) is 24.2 Å². The molecule has 0 spiro atoms. The number of nitrogens with zero attached hydrogens (tertiary/aromatic N) is 3. The number of hydrogen-bond donors (Lipinski definition) is 1. The van der Waals surface area contributed by atoms with Crippen LogP contribution in [0.15, 0.2) is 47.3 Å². The summed E-state index contributed by atoms with van der Waals surface area (Å²) in [5.74, 6) is 5.65. The summed E-state index contributed by atoms with van der Waals surface area (Å²) in [5, 5.41) is 0. The molecule has 0 bridgehead atoms. The van der Waals surface area contributed by atoms with Gasteiger partial charge in [0.15, 0.2) is 17.3 Å². The molecule has 0 aliphatic heterocycles. The predicted octanol–water partition coefficient (Wildman–Crippen LogP) is 4.17. The van der Waals surface area contributed by atoms with Crippen LogP contribution in [-0.2, 0) is 0 Å². The average molecular weight is 344 g/mol. The van der Waals surface area contributed by atoms with Gasteiger partial charge in [0.1, 0.15) is 11.4 Å². The third kappa shape index (κ3) is 3.31. The van der Waals surface area contributed by atoms with Crippen molar-refractivity contribution in [1.82, 2.24) is 15.0 Å². The summed E-state index contributed by atoms with van der Waals surface area (Å²) in [7, 11) is 0. The number of hydrogen-bond acceptors (Lipinski definition) is 5. The lowest BCUT2D eigenvalue weighted by molar-refractivity contribution is 0.580. The molecule has 2 aliphatic carbocycles. The van der Waals surface area contributed by atoms with Gasteiger partial charge in [-0.25, -0.2) is 9.97 Å². The van der Waals surface area contributed by atoms with Crippen LogP contribution in [0.3, 0.4) is 0 Å². The zero-order chi connectivity index (χ0) is 17.9. The van der Waals surface area contributed by atoms with E-state index in [1.165, 1.54) is 18.3 Å². The number of anilines is 1. The topological polar surface area (TPSA) is 77.8 Å². The first-order valence-corrected chi connectivity index (χ1v) is 8.84. The number of aromatic nitrogens is 3. The van der Waals surface area contributed by atoms with Crippen LogP contribution in [-0.4, -0.2) is 15.0 Å². The van der Waals surface area contributed by atoms with Gasteiger partial charge in [0.05, 0.1) is 6.26 Å². The van der Waals surface area contributed by atoms with Crippen LogP contribution in [0.1, 0.15) is 31.4 Å². The summed E-state index contributed by atoms with van der Waals surface area (Å²) in [6, 6.07) is 7.22. The molecule has 26 heavy (non-hydrogen) atoms. The van der Waals surface area contributed by atoms with E-state index in [0.29, 0.717) is 22.8 Å². The molecule has 3 heterocycles. The van der Waals surface area contributed by atoms with Gasteiger partial charge in [0.2, 0.25) is 0 Å². The molecule has 5 rings (SSSR count). The number of fused-ring (bicyclic) bond motifs is 1. The minimum atomic E-state index is 0.205. The molecule has 2 fully saturated rings. The highest BCUT2D eigenvalue weighted by Crippen LogP contribution is 2.51. The van der Waals surface area contributed by atoms with E-state index >= 15 is 0 Å². The van der Waals surface area contributed by atoms with E-state index in [4.69, 9.17) is 16.6 Å². The van der Waals surface area contributed by atoms with Crippen LogP contribution in [0.5, 0.6) is 0 Å². The minimum Gasteiger partial charge on any atom is -0.463 e. The van der Waals surface area contributed by atoms with E-state index in [2.05, 4.69) is 20.9 Å². The second-order valence-electron chi connectivity index (χ2n) is 6.70. The standard InChI is InChI=1S/C15H10N4O.C6H10/c1-2-11-15(16)19-14(12-4-3-9-20-12)13(18-11)10-5-7-17-8-6-10;1-2-5-4-6(5)3-1/h1,3-9H,(H2,16,19);5-6H,1-4H2. The van der Waals surface area contributed by atoms with Crippen molar-refractivity contribution in [1.29, 1.82) is 0 Å². The van der Waals surface area contributed by atoms with Gasteiger partial charge >= 0.3 is 0 Å². The molecule has 5 nitrogen and oxygen atoms in total. The molecule has 5 heteroatoms. The number of nitrogen functional groups attached to an aromatic ring is 1. The Bertz CT molecular complexity index is 921. The van der Waals surface area contributed by atoms with E-state index in [1.54, 1.807) is 50.1 Å². The molecule has 3 aromatic heterocycles. The Morgan fingerprint density at radius 3 is 2.38 bits per heavy atom. The fourth-order valence-corrected chi connectivity index (χ4v) is 3.51. The number of rotatable bonds is 2. The normalized spacial score (nSPS) is 19.8. The van der Waals surface area contributed by atoms with Crippen molar-refractivity contribution < 1.29 is 4.42 Å². The zero-order valence-electron chi connectivity index (χ0n) is 14.4. The highest BCUT2D eigenvalue weighted by molar-refractivity contribution is 5.77. The van der Waals surface area contributed by atoms with Crippen molar-refractivity contribution in [2.75, 3.05) is 5.73 Å². The summed E-state index contributed by atoms with van der Waals surface area (Å²) in [6.07, 6.45) is 16.6. The van der Waals surface area contributed by atoms with Crippen LogP contribution in [0.25, 0.3) is 22.7 Å². The largest absolute Gasteiger partial charge is 0.463 e. The Balaban J connectivity index is 0.000000233. The smallest absolute Gasteiger partial charge is 0.159 e. The third-order valence-corrected chi connectivity index (χ3v) is 4.99. The minimum absolute atomic E-state index is 0.205. The van der Waals surface area contributed by atoms with Gasteiger partial charge < -0.3 is 10.2 Å². The number of nitrogens with two attached hydrogens (primary N) is 1. The Morgan fingerprint density at radius 1 is 1.08 bits per heavy atom. The van der Waals surface area contributed by atoms with Crippen molar-refractivity contribution in [2.45, 2.75) is 25.7 Å². The van der Waals surface area contributed by atoms with Crippen LogP contribution in [0.2, 0.25) is 0 Å². The maximum atomic E-state index is 5.81. The lowest BCUT2D eigenvalue weighted by Crippen LogP contribution is -2.02. The molecule has 0 radical (unpaired) electrons. The van der Waals surface area contributed by atoms with Crippen molar-refractivity contribution in [3.63, 3.8) is 0 Å². The fraction of sp³-hybridized carbons (Fsp3) is 0.286. The van der Waals surface area contributed by atoms with E-state index in [1.807, 2.05) is 12.1 Å². The van der Waals surface area contributed by atoms with Crippen molar-refractivity contribution in [3.05, 3.63) is 48.6 Å². The maximum Gasteiger partial charge on any atom is 0.159 e. The molecular formula is C21H20N4O. The Labute approximate surface area is 152 Å². The van der Waals surface area contributed by atoms with Gasteiger partial charge in [-0.05, 0) is 48.4 Å². The van der Waals surface area contributed by atoms with Gasteiger partial charge in [-0.15, -0.1) is 6.42 Å². The quantitative estimate of drug-likeness (QED) is 0.706. The number of pyridine rings is 1. The average Bonchev–Trinajstić information content (AvgIpc) is 3.07. The van der Waals surface area contributed by atoms with Crippen LogP contribution < -0.4 is 5.73 Å².